The summed E-state index contributed by atoms with van der Waals surface area (Å²) in [5, 5.41) is -4.02. The third-order valence-corrected chi connectivity index (χ3v) is 7.08. The number of fused-ring (bicyclic) bond motifs is 5. The maximum absolute atomic E-state index is 9.84. The van der Waals surface area contributed by atoms with Crippen LogP contribution in [0.2, 0.25) is 0 Å². The van der Waals surface area contributed by atoms with Gasteiger partial charge in [0.2, 0.25) is 0 Å². The zero-order chi connectivity index (χ0) is 53.2. The van der Waals surface area contributed by atoms with Gasteiger partial charge in [0.25, 0.3) is 0 Å². The lowest BCUT2D eigenvalue weighted by Gasteiger charge is -2.18. The maximum Gasteiger partial charge on any atom is 0.135 e. The molecule has 0 saturated heterocycles. The van der Waals surface area contributed by atoms with E-state index in [0.29, 0.717) is 0 Å². The van der Waals surface area contributed by atoms with Crippen molar-refractivity contribution in [2.24, 2.45) is 0 Å². The van der Waals surface area contributed by atoms with Gasteiger partial charge < -0.3 is 4.42 Å². The van der Waals surface area contributed by atoms with E-state index in [1.807, 2.05) is 0 Å². The molecule has 1 nitrogen and oxygen atoms in total. The van der Waals surface area contributed by atoms with E-state index in [0.717, 1.165) is 6.07 Å². The third kappa shape index (κ3) is 4.24. The van der Waals surface area contributed by atoms with E-state index < -0.39 is 251 Å². The van der Waals surface area contributed by atoms with Crippen LogP contribution in [0.1, 0.15) is 37.0 Å². The minimum Gasteiger partial charge on any atom is -0.456 e. The van der Waals surface area contributed by atoms with E-state index in [1.165, 1.54) is 0 Å². The van der Waals surface area contributed by atoms with Crippen molar-refractivity contribution in [2.75, 3.05) is 0 Å². The second-order valence-corrected chi connectivity index (χ2v) is 9.59. The van der Waals surface area contributed by atoms with Crippen LogP contribution in [0.4, 0.5) is 0 Å². The van der Waals surface area contributed by atoms with E-state index >= 15 is 0 Å². The molecule has 0 aliphatic carbocycles. The second kappa shape index (κ2) is 10.4. The van der Waals surface area contributed by atoms with Crippen molar-refractivity contribution in [1.29, 1.82) is 0 Å². The van der Waals surface area contributed by atoms with Gasteiger partial charge in [0.1, 0.15) is 11.2 Å². The molecular weight excluding hydrogens is 544 g/mol. The predicted octanol–water partition coefficient (Wildman–Crippen LogP) is 12.6. The minimum atomic E-state index is -1.05. The first kappa shape index (κ1) is 10.3. The number of hydrogen-bond donors (Lipinski definition) is 0. The summed E-state index contributed by atoms with van der Waals surface area (Å²) in [5.74, 6) is 0. The molecule has 0 bridgehead atoms. The largest absolute Gasteiger partial charge is 0.456 e. The highest BCUT2D eigenvalue weighted by molar-refractivity contribution is 6.22. The fraction of sp³-hybridized carbons (Fsp3) is 0. The van der Waals surface area contributed by atoms with Crippen molar-refractivity contribution in [1.82, 2.24) is 0 Å². The molecule has 0 aliphatic heterocycles. The Balaban J connectivity index is 1.57. The molecule has 45 heavy (non-hydrogen) atoms. The zero-order valence-corrected chi connectivity index (χ0v) is 22.5. The fourth-order valence-electron chi connectivity index (χ4n) is 5.16. The molecule has 0 radical (unpaired) electrons. The van der Waals surface area contributed by atoms with Crippen LogP contribution in [-0.4, -0.2) is 0 Å². The Morgan fingerprint density at radius 2 is 0.756 bits per heavy atom. The van der Waals surface area contributed by atoms with Crippen LogP contribution in [-0.2, 0) is 0 Å². The van der Waals surface area contributed by atoms with Gasteiger partial charge in [-0.1, -0.05) is 139 Å². The van der Waals surface area contributed by atoms with E-state index in [2.05, 4.69) is 0 Å². The summed E-state index contributed by atoms with van der Waals surface area (Å²) in [7, 11) is 0. The zero-order valence-electron chi connectivity index (χ0n) is 49.5. The lowest BCUT2D eigenvalue weighted by Crippen LogP contribution is -1.91. The quantitative estimate of drug-likeness (QED) is 0.183. The normalized spacial score (nSPS) is 20.0. The van der Waals surface area contributed by atoms with Gasteiger partial charge in [-0.25, -0.2) is 0 Å². The Bertz CT molecular complexity index is 3950. The first-order chi connectivity index (χ1) is 33.6. The van der Waals surface area contributed by atoms with Gasteiger partial charge in [-0.05, 0) is 96.3 Å². The third-order valence-electron chi connectivity index (χ3n) is 7.08. The molecule has 1 heteroatoms. The lowest BCUT2D eigenvalue weighted by atomic mass is 9.85. The smallest absolute Gasteiger partial charge is 0.135 e. The standard InChI is InChI=1S/C44H28O/c1-3-12-29(13-4-1)31-16-11-17-33(26-31)43-35-18-7-9-20-37(35)44(38-21-10-8-19-36(38)43)34-23-25-42-40(28-34)39-27-32(22-24-41(39)45-42)30-14-5-2-6-15-30/h1-28H/i1D,2D,3D,4D,5D,6D,7D,8D,9D,10D,11D,12D,13D,14D,16D,17D,18D,19D,20D,21D,22D,23D,24D,25D,26D,27D,28D. The van der Waals surface area contributed by atoms with E-state index in [9.17, 15) is 13.7 Å². The van der Waals surface area contributed by atoms with Gasteiger partial charge in [-0.3, -0.25) is 0 Å². The number of benzene rings is 8. The molecule has 1 aromatic heterocycles. The van der Waals surface area contributed by atoms with Crippen LogP contribution in [0.25, 0.3) is 88.0 Å². The maximum atomic E-state index is 9.84. The molecule has 0 spiro atoms. The molecule has 0 atom stereocenters. The van der Waals surface area contributed by atoms with Crippen LogP contribution < -0.4 is 0 Å². The number of hydrogen-bond acceptors (Lipinski definition) is 1. The Morgan fingerprint density at radius 3 is 1.40 bits per heavy atom. The van der Waals surface area contributed by atoms with Crippen molar-refractivity contribution >= 4 is 43.5 Å². The SMILES string of the molecule is [2H]c1cc(-c2c([2H])c([2H])c3oc4c([2H])c([2H])c(-c5c6c([2H])c([2H])c([2H])c([2H])c6c(-c6c([2H])c([2H])c([2H])c(-c7c([2H])c([2H])c([2H])c([2H])c7[2H])c6[2H])c6c([2H])c([2H])c([2H])c([2H])c56)c([2H])c4c3c2[2H])c([2H])c([2H])c1[2H]. The summed E-state index contributed by atoms with van der Waals surface area (Å²) >= 11 is 0. The van der Waals surface area contributed by atoms with Crippen molar-refractivity contribution in [3.8, 4) is 44.5 Å². The molecule has 0 N–H and O–H groups in total. The molecule has 9 rings (SSSR count). The molecule has 0 saturated carbocycles. The molecule has 0 fully saturated rings. The molecule has 1 heterocycles. The van der Waals surface area contributed by atoms with Crippen LogP contribution in [0.3, 0.4) is 0 Å². The van der Waals surface area contributed by atoms with Gasteiger partial charge in [0, 0.05) is 10.8 Å². The Morgan fingerprint density at radius 1 is 0.311 bits per heavy atom. The monoisotopic (exact) mass is 599 g/mol. The van der Waals surface area contributed by atoms with Crippen molar-refractivity contribution < 1.29 is 41.4 Å². The van der Waals surface area contributed by atoms with Gasteiger partial charge in [0.05, 0.1) is 37.0 Å². The first-order valence-electron chi connectivity index (χ1n) is 26.7. The second-order valence-electron chi connectivity index (χ2n) is 9.59. The van der Waals surface area contributed by atoms with E-state index in [4.69, 9.17) is 27.7 Å². The molecule has 0 unspecified atom stereocenters. The van der Waals surface area contributed by atoms with Gasteiger partial charge in [-0.15, -0.1) is 0 Å². The summed E-state index contributed by atoms with van der Waals surface area (Å²) in [5.41, 5.74) is -6.85. The lowest BCUT2D eigenvalue weighted by molar-refractivity contribution is 0.669. The average Bonchev–Trinajstić information content (AvgIpc) is 3.76. The van der Waals surface area contributed by atoms with E-state index in [-0.39, 0.29) is 0 Å². The van der Waals surface area contributed by atoms with Crippen molar-refractivity contribution in [3.63, 3.8) is 0 Å². The summed E-state index contributed by atoms with van der Waals surface area (Å²) in [4.78, 5) is 0. The Hall–Kier alpha value is -5.92. The number of rotatable bonds is 4. The molecular formula is C44H28O. The van der Waals surface area contributed by atoms with Gasteiger partial charge in [-0.2, -0.15) is 0 Å². The average molecular weight is 600 g/mol. The van der Waals surface area contributed by atoms with Crippen LogP contribution in [0.15, 0.2) is 174 Å². The Kier molecular flexibility index (Phi) is 2.38. The summed E-state index contributed by atoms with van der Waals surface area (Å²) in [6.07, 6.45) is 0. The van der Waals surface area contributed by atoms with E-state index in [1.54, 1.807) is 0 Å². The van der Waals surface area contributed by atoms with Crippen LogP contribution in [0.5, 0.6) is 0 Å². The highest BCUT2D eigenvalue weighted by Gasteiger charge is 2.18. The topological polar surface area (TPSA) is 13.1 Å². The van der Waals surface area contributed by atoms with Crippen LogP contribution >= 0.6 is 0 Å². The Labute approximate surface area is 299 Å². The number of furan rings is 1. The molecule has 9 aromatic rings. The molecule has 0 amide bonds. The molecule has 8 aromatic carbocycles. The highest BCUT2D eigenvalue weighted by Crippen LogP contribution is 2.45. The van der Waals surface area contributed by atoms with Gasteiger partial charge in [0.15, 0.2) is 0 Å². The predicted molar refractivity (Wildman–Crippen MR) is 190 cm³/mol. The summed E-state index contributed by atoms with van der Waals surface area (Å²) < 4.78 is 246. The minimum absolute atomic E-state index is 0.401. The van der Waals surface area contributed by atoms with Crippen LogP contribution in [0, 0.1) is 0 Å². The fourth-order valence-corrected chi connectivity index (χ4v) is 5.16. The highest BCUT2D eigenvalue weighted by atomic mass is 16.3. The summed E-state index contributed by atoms with van der Waals surface area (Å²) in [6, 6.07) is -23.5. The molecule has 210 valence electrons. The van der Waals surface area contributed by atoms with Crippen molar-refractivity contribution in [3.05, 3.63) is 169 Å². The molecule has 0 aliphatic rings. The van der Waals surface area contributed by atoms with Gasteiger partial charge >= 0.3 is 0 Å². The van der Waals surface area contributed by atoms with Crippen molar-refractivity contribution in [2.45, 2.75) is 0 Å². The summed E-state index contributed by atoms with van der Waals surface area (Å²) in [6.45, 7) is 0. The first-order valence-corrected chi connectivity index (χ1v) is 13.2.